The maximum Gasteiger partial charge on any atom is 0.407 e. The van der Waals surface area contributed by atoms with Crippen LogP contribution in [0.25, 0.3) is 0 Å². The van der Waals surface area contributed by atoms with Crippen molar-refractivity contribution in [1.29, 1.82) is 0 Å². The van der Waals surface area contributed by atoms with Gasteiger partial charge >= 0.3 is 6.09 Å². The molecular formula is C18H22ClN3O2S2. The lowest BCUT2D eigenvalue weighted by Gasteiger charge is -2.18. The molecule has 1 fully saturated rings. The largest absolute Gasteiger partial charge is 0.450 e. The topological polar surface area (TPSA) is 63.2 Å². The Morgan fingerprint density at radius 2 is 2.19 bits per heavy atom. The number of carbonyl (C=O) groups is 1. The highest BCUT2D eigenvalue weighted by atomic mass is 35.5. The van der Waals surface area contributed by atoms with E-state index in [2.05, 4.69) is 27.8 Å². The summed E-state index contributed by atoms with van der Waals surface area (Å²) in [6, 6.07) is 10.2. The van der Waals surface area contributed by atoms with Gasteiger partial charge in [-0.1, -0.05) is 41.6 Å². The first-order chi connectivity index (χ1) is 12.7. The zero-order valence-corrected chi connectivity index (χ0v) is 16.9. The van der Waals surface area contributed by atoms with E-state index in [0.717, 1.165) is 27.0 Å². The Balaban J connectivity index is 1.50. The number of thiazole rings is 1. The van der Waals surface area contributed by atoms with Crippen molar-refractivity contribution in [3.05, 3.63) is 40.4 Å². The standard InChI is InChI=1S/C18H22ClN3O2S2/c1-2-24-17(23)21-14(12-8-9-12)10-20-11-15-16(19)22-18(26-15)25-13-6-4-3-5-7-13/h3-7,12,14,20H,2,8-11H2,1H3,(H,21,23)/t14-/m1/s1. The van der Waals surface area contributed by atoms with Crippen LogP contribution in [0.1, 0.15) is 24.6 Å². The van der Waals surface area contributed by atoms with Crippen molar-refractivity contribution in [3.8, 4) is 0 Å². The molecule has 1 heterocycles. The van der Waals surface area contributed by atoms with E-state index in [0.29, 0.717) is 30.8 Å². The fourth-order valence-corrected chi connectivity index (χ4v) is 4.96. The number of amides is 1. The number of aromatic nitrogens is 1. The molecule has 1 saturated carbocycles. The Bertz CT molecular complexity index is 722. The van der Waals surface area contributed by atoms with E-state index in [1.54, 1.807) is 30.0 Å². The third-order valence-electron chi connectivity index (χ3n) is 4.00. The summed E-state index contributed by atoms with van der Waals surface area (Å²) in [4.78, 5) is 18.3. The average molecular weight is 412 g/mol. The quantitative estimate of drug-likeness (QED) is 0.633. The van der Waals surface area contributed by atoms with Crippen LogP contribution in [0.4, 0.5) is 4.79 Å². The molecule has 8 heteroatoms. The normalized spacial score (nSPS) is 14.8. The predicted molar refractivity (Wildman–Crippen MR) is 106 cm³/mol. The van der Waals surface area contributed by atoms with Gasteiger partial charge < -0.3 is 15.4 Å². The van der Waals surface area contributed by atoms with Crippen molar-refractivity contribution in [3.63, 3.8) is 0 Å². The highest BCUT2D eigenvalue weighted by molar-refractivity contribution is 8.01. The molecule has 5 nitrogen and oxygen atoms in total. The Kier molecular flexibility index (Phi) is 7.19. The molecule has 1 aliphatic carbocycles. The molecule has 2 aromatic rings. The number of halogens is 1. The van der Waals surface area contributed by atoms with Gasteiger partial charge in [0.1, 0.15) is 5.15 Å². The van der Waals surface area contributed by atoms with Crippen LogP contribution in [-0.4, -0.2) is 30.3 Å². The molecule has 3 rings (SSSR count). The zero-order chi connectivity index (χ0) is 18.4. The maximum atomic E-state index is 11.7. The van der Waals surface area contributed by atoms with Gasteiger partial charge in [-0.15, -0.1) is 11.3 Å². The molecule has 26 heavy (non-hydrogen) atoms. The van der Waals surface area contributed by atoms with Gasteiger partial charge in [-0.2, -0.15) is 0 Å². The minimum Gasteiger partial charge on any atom is -0.450 e. The number of ether oxygens (including phenoxy) is 1. The van der Waals surface area contributed by atoms with Crippen LogP contribution in [0.15, 0.2) is 39.6 Å². The molecule has 0 saturated heterocycles. The summed E-state index contributed by atoms with van der Waals surface area (Å²) >= 11 is 9.49. The molecule has 0 aliphatic heterocycles. The first-order valence-corrected chi connectivity index (χ1v) is 10.7. The number of carbonyl (C=O) groups excluding carboxylic acids is 1. The lowest BCUT2D eigenvalue weighted by Crippen LogP contribution is -2.43. The van der Waals surface area contributed by atoms with Crippen molar-refractivity contribution in [2.24, 2.45) is 5.92 Å². The van der Waals surface area contributed by atoms with Gasteiger partial charge in [0.05, 0.1) is 11.5 Å². The molecule has 1 aromatic heterocycles. The van der Waals surface area contributed by atoms with Crippen molar-refractivity contribution in [2.45, 2.75) is 41.6 Å². The fourth-order valence-electron chi connectivity index (χ4n) is 2.55. The molecule has 1 atom stereocenters. The minimum atomic E-state index is -0.344. The van der Waals surface area contributed by atoms with Gasteiger partial charge in [-0.25, -0.2) is 9.78 Å². The summed E-state index contributed by atoms with van der Waals surface area (Å²) in [5.41, 5.74) is 0. The molecule has 1 amide bonds. The number of nitrogens with zero attached hydrogens (tertiary/aromatic N) is 1. The van der Waals surface area contributed by atoms with Crippen LogP contribution in [0.5, 0.6) is 0 Å². The highest BCUT2D eigenvalue weighted by Crippen LogP contribution is 2.35. The van der Waals surface area contributed by atoms with E-state index in [1.165, 1.54) is 0 Å². The first-order valence-electron chi connectivity index (χ1n) is 8.67. The number of nitrogens with one attached hydrogen (secondary N) is 2. The average Bonchev–Trinajstić information content (AvgIpc) is 3.40. The molecule has 0 bridgehead atoms. The number of hydrogen-bond donors (Lipinski definition) is 2. The maximum absolute atomic E-state index is 11.7. The number of alkyl carbamates (subject to hydrolysis) is 1. The van der Waals surface area contributed by atoms with Crippen LogP contribution in [0.3, 0.4) is 0 Å². The Morgan fingerprint density at radius 1 is 1.42 bits per heavy atom. The highest BCUT2D eigenvalue weighted by Gasteiger charge is 2.32. The van der Waals surface area contributed by atoms with E-state index in [4.69, 9.17) is 16.3 Å². The Morgan fingerprint density at radius 3 is 2.88 bits per heavy atom. The minimum absolute atomic E-state index is 0.0962. The molecule has 0 spiro atoms. The van der Waals surface area contributed by atoms with Crippen LogP contribution >= 0.6 is 34.7 Å². The second-order valence-corrected chi connectivity index (χ2v) is 8.81. The number of rotatable bonds is 9. The first kappa shape index (κ1) is 19.5. The molecule has 0 radical (unpaired) electrons. The van der Waals surface area contributed by atoms with E-state index < -0.39 is 0 Å². The van der Waals surface area contributed by atoms with Crippen LogP contribution in [-0.2, 0) is 11.3 Å². The molecule has 0 unspecified atom stereocenters. The lowest BCUT2D eigenvalue weighted by atomic mass is 10.2. The molecule has 140 valence electrons. The fraction of sp³-hybridized carbons (Fsp3) is 0.444. The van der Waals surface area contributed by atoms with E-state index >= 15 is 0 Å². The summed E-state index contributed by atoms with van der Waals surface area (Å²) in [6.45, 7) is 3.52. The SMILES string of the molecule is CCOC(=O)N[C@H](CNCc1sc(Sc2ccccc2)nc1Cl)C1CC1. The second kappa shape index (κ2) is 9.60. The smallest absolute Gasteiger partial charge is 0.407 e. The van der Waals surface area contributed by atoms with Gasteiger partial charge in [0.25, 0.3) is 0 Å². The molecular weight excluding hydrogens is 390 g/mol. The van der Waals surface area contributed by atoms with E-state index in [9.17, 15) is 4.79 Å². The van der Waals surface area contributed by atoms with Gasteiger partial charge in [-0.05, 0) is 37.8 Å². The van der Waals surface area contributed by atoms with E-state index in [-0.39, 0.29) is 12.1 Å². The predicted octanol–water partition coefficient (Wildman–Crippen LogP) is 4.56. The van der Waals surface area contributed by atoms with Gasteiger partial charge in [0.15, 0.2) is 4.34 Å². The third kappa shape index (κ3) is 5.87. The van der Waals surface area contributed by atoms with Crippen molar-refractivity contribution in [1.82, 2.24) is 15.6 Å². The molecule has 1 aliphatic rings. The zero-order valence-electron chi connectivity index (χ0n) is 14.5. The van der Waals surface area contributed by atoms with Crippen molar-refractivity contribution >= 4 is 40.8 Å². The monoisotopic (exact) mass is 411 g/mol. The Labute approximate surface area is 166 Å². The summed E-state index contributed by atoms with van der Waals surface area (Å²) in [5, 5.41) is 6.88. The van der Waals surface area contributed by atoms with Crippen LogP contribution in [0, 0.1) is 5.92 Å². The van der Waals surface area contributed by atoms with Crippen molar-refractivity contribution in [2.75, 3.05) is 13.2 Å². The van der Waals surface area contributed by atoms with Crippen LogP contribution in [0.2, 0.25) is 5.15 Å². The van der Waals surface area contributed by atoms with Gasteiger partial charge in [0, 0.05) is 24.0 Å². The second-order valence-electron chi connectivity index (χ2n) is 6.05. The van der Waals surface area contributed by atoms with Crippen molar-refractivity contribution < 1.29 is 9.53 Å². The number of benzene rings is 1. The van der Waals surface area contributed by atoms with Gasteiger partial charge in [-0.3, -0.25) is 0 Å². The lowest BCUT2D eigenvalue weighted by molar-refractivity contribution is 0.146. The summed E-state index contributed by atoms with van der Waals surface area (Å²) in [7, 11) is 0. The van der Waals surface area contributed by atoms with Gasteiger partial charge in [0.2, 0.25) is 0 Å². The summed E-state index contributed by atoms with van der Waals surface area (Å²) in [6.07, 6.45) is 1.96. The summed E-state index contributed by atoms with van der Waals surface area (Å²) in [5.74, 6) is 0.535. The molecule has 1 aromatic carbocycles. The van der Waals surface area contributed by atoms with Crippen LogP contribution < -0.4 is 10.6 Å². The summed E-state index contributed by atoms with van der Waals surface area (Å²) < 4.78 is 5.92. The number of hydrogen-bond acceptors (Lipinski definition) is 6. The third-order valence-corrected chi connectivity index (χ3v) is 6.55. The molecule has 2 N–H and O–H groups in total. The van der Waals surface area contributed by atoms with E-state index in [1.807, 2.05) is 18.2 Å². The Hall–Kier alpha value is -1.28.